The van der Waals surface area contributed by atoms with E-state index in [1.165, 1.54) is 4.90 Å². The van der Waals surface area contributed by atoms with Crippen molar-refractivity contribution in [3.8, 4) is 0 Å². The fourth-order valence-corrected chi connectivity index (χ4v) is 4.20. The molecule has 0 aliphatic carbocycles. The lowest BCUT2D eigenvalue weighted by Gasteiger charge is -2.32. The topological polar surface area (TPSA) is 134 Å². The van der Waals surface area contributed by atoms with Gasteiger partial charge < -0.3 is 19.2 Å². The Bertz CT molecular complexity index is 696. The molecule has 0 unspecified atom stereocenters. The first-order valence-corrected chi connectivity index (χ1v) is 10.2. The molecule has 150 valence electrons. The number of hydroxylamine groups is 2. The maximum Gasteiger partial charge on any atom is 0.418 e. The van der Waals surface area contributed by atoms with Crippen molar-refractivity contribution in [1.29, 1.82) is 0 Å². The van der Waals surface area contributed by atoms with Crippen LogP contribution in [0.2, 0.25) is 0 Å². The molecule has 0 radical (unpaired) electrons. The van der Waals surface area contributed by atoms with Crippen molar-refractivity contribution in [2.45, 2.75) is 37.8 Å². The fourth-order valence-electron chi connectivity index (χ4n) is 3.81. The molecule has 2 amide bonds. The summed E-state index contributed by atoms with van der Waals surface area (Å²) in [5, 5.41) is 0.603. The summed E-state index contributed by atoms with van der Waals surface area (Å²) in [5.41, 5.74) is 0. The third-order valence-corrected chi connectivity index (χ3v) is 5.62. The number of esters is 1. The van der Waals surface area contributed by atoms with Crippen LogP contribution in [0, 0.1) is 5.92 Å². The first-order valence-electron chi connectivity index (χ1n) is 8.88. The molecule has 3 heterocycles. The summed E-state index contributed by atoms with van der Waals surface area (Å²) in [6.45, 7) is 1.94. The second-order valence-corrected chi connectivity index (χ2v) is 8.06. The molecule has 3 aliphatic rings. The van der Waals surface area contributed by atoms with Gasteiger partial charge in [0.05, 0.1) is 18.8 Å². The van der Waals surface area contributed by atoms with Gasteiger partial charge in [0.2, 0.25) is 0 Å². The second kappa shape index (κ2) is 8.13. The zero-order valence-electron chi connectivity index (χ0n) is 14.7. The minimum atomic E-state index is -4.81. The molecule has 3 saturated heterocycles. The van der Waals surface area contributed by atoms with Gasteiger partial charge in [0.15, 0.2) is 0 Å². The summed E-state index contributed by atoms with van der Waals surface area (Å²) in [6.07, 6.45) is 3.22. The Morgan fingerprint density at radius 1 is 1.26 bits per heavy atom. The molecule has 27 heavy (non-hydrogen) atoms. The van der Waals surface area contributed by atoms with Crippen LogP contribution in [0.4, 0.5) is 4.79 Å². The zero-order valence-corrected chi connectivity index (χ0v) is 15.5. The van der Waals surface area contributed by atoms with Crippen molar-refractivity contribution in [2.75, 3.05) is 26.2 Å². The van der Waals surface area contributed by atoms with Gasteiger partial charge in [-0.3, -0.25) is 4.55 Å². The molecule has 11 nitrogen and oxygen atoms in total. The lowest BCUT2D eigenvalue weighted by atomic mass is 9.87. The van der Waals surface area contributed by atoms with Gasteiger partial charge in [-0.15, -0.1) is 4.28 Å². The highest BCUT2D eigenvalue weighted by Crippen LogP contribution is 2.31. The predicted molar refractivity (Wildman–Crippen MR) is 92.5 cm³/mol. The van der Waals surface area contributed by atoms with Gasteiger partial charge in [-0.2, -0.15) is 13.5 Å². The number of amides is 2. The number of piperidine rings is 2. The molecule has 13 heteroatoms. The molecule has 2 bridgehead atoms. The number of fused-ring (bicyclic) bond motifs is 2. The van der Waals surface area contributed by atoms with E-state index in [9.17, 15) is 22.8 Å². The number of nitrogens with zero attached hydrogens (tertiary/aromatic N) is 3. The van der Waals surface area contributed by atoms with E-state index in [1.54, 1.807) is 0 Å². The molecular formula is C14H22BN3O8S. The van der Waals surface area contributed by atoms with E-state index in [1.807, 2.05) is 4.81 Å². The van der Waals surface area contributed by atoms with E-state index in [0.717, 1.165) is 32.1 Å². The Labute approximate surface area is 157 Å². The summed E-state index contributed by atoms with van der Waals surface area (Å²) < 4.78 is 40.3. The van der Waals surface area contributed by atoms with Gasteiger partial charge >= 0.3 is 22.4 Å². The Kier molecular flexibility index (Phi) is 6.03. The summed E-state index contributed by atoms with van der Waals surface area (Å²) in [6, 6.07) is -2.11. The van der Waals surface area contributed by atoms with Crippen molar-refractivity contribution in [3.63, 3.8) is 0 Å². The molecule has 3 rings (SSSR count). The van der Waals surface area contributed by atoms with Crippen LogP contribution in [0.15, 0.2) is 0 Å². The van der Waals surface area contributed by atoms with Crippen LogP contribution in [-0.4, -0.2) is 91.7 Å². The van der Waals surface area contributed by atoms with Gasteiger partial charge in [-0.05, 0) is 44.7 Å². The quantitative estimate of drug-likeness (QED) is 0.240. The van der Waals surface area contributed by atoms with Gasteiger partial charge in [0, 0.05) is 6.54 Å². The van der Waals surface area contributed by atoms with Crippen LogP contribution in [0.1, 0.15) is 25.7 Å². The number of carbonyl (C=O) groups excluding carboxylic acids is 3. The van der Waals surface area contributed by atoms with Crippen molar-refractivity contribution < 1.29 is 36.4 Å². The number of ether oxygens (including phenoxy) is 1. The minimum Gasteiger partial charge on any atom is -0.464 e. The molecule has 0 aromatic heterocycles. The molecule has 2 atom stereocenters. The number of carbonyl (C=O) groups is 3. The average molecular weight is 403 g/mol. The third kappa shape index (κ3) is 4.78. The Morgan fingerprint density at radius 2 is 1.96 bits per heavy atom. The van der Waals surface area contributed by atoms with Crippen LogP contribution in [-0.2, 0) is 29.0 Å². The maximum atomic E-state index is 12.4. The average Bonchev–Trinajstić information content (AvgIpc) is 2.85. The molecule has 3 aliphatic heterocycles. The largest absolute Gasteiger partial charge is 0.464 e. The Balaban J connectivity index is 1.50. The molecule has 3 fully saturated rings. The van der Waals surface area contributed by atoms with E-state index in [0.29, 0.717) is 25.3 Å². The van der Waals surface area contributed by atoms with E-state index >= 15 is 0 Å². The van der Waals surface area contributed by atoms with Crippen molar-refractivity contribution >= 4 is 36.0 Å². The Morgan fingerprint density at radius 3 is 2.59 bits per heavy atom. The van der Waals surface area contributed by atoms with E-state index in [-0.39, 0.29) is 19.1 Å². The van der Waals surface area contributed by atoms with Crippen molar-refractivity contribution in [3.05, 3.63) is 0 Å². The summed E-state index contributed by atoms with van der Waals surface area (Å²) in [5.74, 6) is -0.312. The fraction of sp³-hybridized carbons (Fsp3) is 0.786. The van der Waals surface area contributed by atoms with Crippen LogP contribution >= 0.6 is 0 Å². The van der Waals surface area contributed by atoms with Crippen molar-refractivity contribution in [2.24, 2.45) is 5.92 Å². The highest BCUT2D eigenvalue weighted by molar-refractivity contribution is 7.80. The smallest absolute Gasteiger partial charge is 0.418 e. The highest BCUT2D eigenvalue weighted by atomic mass is 32.3. The molecule has 0 aromatic carbocycles. The SMILES string of the molecule is O=CBN1CCC(COC(=O)[C@@H]2CC[C@@H]3CN2C(=O)N3OS(=O)(=O)O)CC1. The normalized spacial score (nSPS) is 26.9. The molecule has 1 N–H and O–H groups in total. The van der Waals surface area contributed by atoms with Crippen LogP contribution in [0.25, 0.3) is 0 Å². The van der Waals surface area contributed by atoms with Gasteiger partial charge in [0.25, 0.3) is 7.41 Å². The van der Waals surface area contributed by atoms with E-state index < -0.39 is 34.5 Å². The standard InChI is InChI=1S/C14H22BN3O8S/c19-9-15-16-5-3-10(4-6-16)8-25-13(20)12-2-1-11-7-17(12)14(21)18(11)26-27(22,23)24/h9-12,15H,1-8H2,(H,22,23,24)/t11-,12+/m1/s1. The highest BCUT2D eigenvalue weighted by Gasteiger charge is 2.49. The molecule has 0 aromatic rings. The lowest BCUT2D eigenvalue weighted by molar-refractivity contribution is -0.151. The first-order chi connectivity index (χ1) is 12.8. The van der Waals surface area contributed by atoms with Crippen LogP contribution < -0.4 is 0 Å². The third-order valence-electron chi connectivity index (χ3n) is 5.27. The molecular weight excluding hydrogens is 381 g/mol. The van der Waals surface area contributed by atoms with Gasteiger partial charge in [-0.25, -0.2) is 9.59 Å². The van der Waals surface area contributed by atoms with Crippen LogP contribution in [0.5, 0.6) is 0 Å². The van der Waals surface area contributed by atoms with Crippen LogP contribution in [0.3, 0.4) is 0 Å². The number of urea groups is 1. The maximum absolute atomic E-state index is 12.4. The predicted octanol–water partition coefficient (Wildman–Crippen LogP) is -1.21. The number of rotatable bonds is 7. The number of hydrogen-bond acceptors (Lipinski definition) is 8. The van der Waals surface area contributed by atoms with Crippen molar-refractivity contribution in [1.82, 2.24) is 14.8 Å². The summed E-state index contributed by atoms with van der Waals surface area (Å²) >= 11 is 0. The minimum absolute atomic E-state index is 0.137. The first kappa shape index (κ1) is 20.0. The zero-order chi connectivity index (χ0) is 19.6. The second-order valence-electron chi connectivity index (χ2n) is 7.05. The Hall–Kier alpha value is -1.70. The lowest BCUT2D eigenvalue weighted by Crippen LogP contribution is -2.46. The summed E-state index contributed by atoms with van der Waals surface area (Å²) in [7, 11) is -4.40. The molecule has 0 saturated carbocycles. The van der Waals surface area contributed by atoms with Gasteiger partial charge in [0.1, 0.15) is 6.04 Å². The van der Waals surface area contributed by atoms with E-state index in [4.69, 9.17) is 9.29 Å². The number of hydrogen-bond donors (Lipinski definition) is 1. The molecule has 0 spiro atoms. The van der Waals surface area contributed by atoms with Gasteiger partial charge in [-0.1, -0.05) is 0 Å². The monoisotopic (exact) mass is 403 g/mol. The summed E-state index contributed by atoms with van der Waals surface area (Å²) in [4.78, 5) is 38.5. The van der Waals surface area contributed by atoms with E-state index in [2.05, 4.69) is 4.28 Å².